The number of nitrogens with zero attached hydrogens (tertiary/aromatic N) is 1. The fraction of sp³-hybridized carbons (Fsp3) is 0.833. The molecule has 1 amide bonds. The lowest BCUT2D eigenvalue weighted by Crippen LogP contribution is -2.30. The van der Waals surface area contributed by atoms with Crippen molar-refractivity contribution in [2.24, 2.45) is 11.8 Å². The molecular formula is C12H20N2O. The second-order valence-corrected chi connectivity index (χ2v) is 4.35. The first-order chi connectivity index (χ1) is 7.27. The predicted octanol–water partition coefficient (Wildman–Crippen LogP) is 2.23. The Morgan fingerprint density at radius 1 is 1.60 bits per heavy atom. The lowest BCUT2D eigenvalue weighted by atomic mass is 10.0. The zero-order valence-electron chi connectivity index (χ0n) is 9.46. The number of hydrogen-bond acceptors (Lipinski definition) is 2. The molecule has 0 aromatic heterocycles. The molecule has 1 aliphatic carbocycles. The second-order valence-electron chi connectivity index (χ2n) is 4.35. The highest BCUT2D eigenvalue weighted by atomic mass is 16.1. The zero-order chi connectivity index (χ0) is 11.1. The van der Waals surface area contributed by atoms with Crippen molar-refractivity contribution in [3.63, 3.8) is 0 Å². The van der Waals surface area contributed by atoms with Crippen molar-refractivity contribution in [1.82, 2.24) is 5.32 Å². The van der Waals surface area contributed by atoms with E-state index in [-0.39, 0.29) is 5.91 Å². The van der Waals surface area contributed by atoms with Crippen molar-refractivity contribution in [3.05, 3.63) is 0 Å². The molecule has 3 heteroatoms. The van der Waals surface area contributed by atoms with E-state index < -0.39 is 5.92 Å². The molecule has 1 saturated carbocycles. The molecule has 1 atom stereocenters. The number of nitrogens with one attached hydrogen (secondary N) is 1. The molecule has 0 bridgehead atoms. The van der Waals surface area contributed by atoms with Crippen LogP contribution in [-0.4, -0.2) is 12.5 Å². The first-order valence-electron chi connectivity index (χ1n) is 5.95. The standard InChI is InChI=1S/C12H20N2O/c1-2-4-11(9-13)12(15)14-8-3-5-10-6-7-10/h10-11H,2-8H2,1H3,(H,14,15). The maximum Gasteiger partial charge on any atom is 0.237 e. The van der Waals surface area contributed by atoms with Crippen molar-refractivity contribution < 1.29 is 4.79 Å². The van der Waals surface area contributed by atoms with Gasteiger partial charge in [-0.2, -0.15) is 5.26 Å². The molecular weight excluding hydrogens is 188 g/mol. The van der Waals surface area contributed by atoms with Gasteiger partial charge in [0.2, 0.25) is 5.91 Å². The molecule has 0 aromatic rings. The molecule has 0 aromatic carbocycles. The summed E-state index contributed by atoms with van der Waals surface area (Å²) < 4.78 is 0. The fourth-order valence-electron chi connectivity index (χ4n) is 1.67. The molecule has 0 spiro atoms. The van der Waals surface area contributed by atoms with Crippen molar-refractivity contribution in [3.8, 4) is 6.07 Å². The van der Waals surface area contributed by atoms with Gasteiger partial charge in [-0.05, 0) is 25.2 Å². The Balaban J connectivity index is 2.07. The van der Waals surface area contributed by atoms with E-state index >= 15 is 0 Å². The maximum absolute atomic E-state index is 11.5. The van der Waals surface area contributed by atoms with Crippen LogP contribution >= 0.6 is 0 Å². The van der Waals surface area contributed by atoms with E-state index in [0.29, 0.717) is 6.42 Å². The van der Waals surface area contributed by atoms with Gasteiger partial charge in [0.25, 0.3) is 0 Å². The number of nitriles is 1. The van der Waals surface area contributed by atoms with Gasteiger partial charge in [-0.15, -0.1) is 0 Å². The minimum Gasteiger partial charge on any atom is -0.355 e. The van der Waals surface area contributed by atoms with E-state index in [1.165, 1.54) is 19.3 Å². The van der Waals surface area contributed by atoms with Gasteiger partial charge in [0.15, 0.2) is 0 Å². The third-order valence-electron chi connectivity index (χ3n) is 2.83. The molecule has 15 heavy (non-hydrogen) atoms. The van der Waals surface area contributed by atoms with Crippen LogP contribution < -0.4 is 5.32 Å². The Hall–Kier alpha value is -1.04. The van der Waals surface area contributed by atoms with Crippen molar-refractivity contribution in [1.29, 1.82) is 5.26 Å². The quantitative estimate of drug-likeness (QED) is 0.652. The third-order valence-corrected chi connectivity index (χ3v) is 2.83. The molecule has 0 saturated heterocycles. The van der Waals surface area contributed by atoms with E-state index in [9.17, 15) is 4.79 Å². The molecule has 1 N–H and O–H groups in total. The van der Waals surface area contributed by atoms with Crippen molar-refractivity contribution in [2.45, 2.75) is 45.4 Å². The normalized spacial score (nSPS) is 16.8. The molecule has 1 aliphatic rings. The highest BCUT2D eigenvalue weighted by molar-refractivity contribution is 5.80. The Bertz CT molecular complexity index is 240. The number of carbonyl (C=O) groups excluding carboxylic acids is 1. The summed E-state index contributed by atoms with van der Waals surface area (Å²) in [5.41, 5.74) is 0. The van der Waals surface area contributed by atoms with Crippen LogP contribution in [0, 0.1) is 23.2 Å². The summed E-state index contributed by atoms with van der Waals surface area (Å²) in [4.78, 5) is 11.5. The molecule has 0 radical (unpaired) electrons. The topological polar surface area (TPSA) is 52.9 Å². The summed E-state index contributed by atoms with van der Waals surface area (Å²) in [5, 5.41) is 11.6. The van der Waals surface area contributed by atoms with Gasteiger partial charge in [-0.1, -0.05) is 26.2 Å². The summed E-state index contributed by atoms with van der Waals surface area (Å²) >= 11 is 0. The van der Waals surface area contributed by atoms with Crippen LogP contribution in [0.3, 0.4) is 0 Å². The Morgan fingerprint density at radius 2 is 2.33 bits per heavy atom. The Kier molecular flexibility index (Phi) is 5.17. The SMILES string of the molecule is CCCC(C#N)C(=O)NCCCC1CC1. The highest BCUT2D eigenvalue weighted by Gasteiger charge is 2.20. The van der Waals surface area contributed by atoms with Gasteiger partial charge in [-0.25, -0.2) is 0 Å². The minimum atomic E-state index is -0.448. The van der Waals surface area contributed by atoms with E-state index in [4.69, 9.17) is 5.26 Å². The number of rotatable bonds is 7. The molecule has 1 rings (SSSR count). The van der Waals surface area contributed by atoms with Gasteiger partial charge in [0.05, 0.1) is 6.07 Å². The lowest BCUT2D eigenvalue weighted by Gasteiger charge is -2.08. The van der Waals surface area contributed by atoms with Crippen LogP contribution in [0.1, 0.15) is 45.4 Å². The van der Waals surface area contributed by atoms with Gasteiger partial charge < -0.3 is 5.32 Å². The summed E-state index contributed by atoms with van der Waals surface area (Å²) in [5.74, 6) is 0.385. The summed E-state index contributed by atoms with van der Waals surface area (Å²) in [6.07, 6.45) is 6.57. The van der Waals surface area contributed by atoms with Crippen molar-refractivity contribution in [2.75, 3.05) is 6.54 Å². The molecule has 0 aliphatic heterocycles. The second kappa shape index (κ2) is 6.44. The van der Waals surface area contributed by atoms with Crippen LogP contribution in [0.5, 0.6) is 0 Å². The first kappa shape index (κ1) is 12.0. The minimum absolute atomic E-state index is 0.0878. The summed E-state index contributed by atoms with van der Waals surface area (Å²) in [7, 11) is 0. The molecule has 3 nitrogen and oxygen atoms in total. The average molecular weight is 208 g/mol. The smallest absolute Gasteiger partial charge is 0.237 e. The lowest BCUT2D eigenvalue weighted by molar-refractivity contribution is -0.123. The number of amides is 1. The van der Waals surface area contributed by atoms with Crippen LogP contribution in [0.4, 0.5) is 0 Å². The summed E-state index contributed by atoms with van der Waals surface area (Å²) in [6.45, 7) is 2.72. The number of hydrogen-bond donors (Lipinski definition) is 1. The number of carbonyl (C=O) groups is 1. The molecule has 1 unspecified atom stereocenters. The van der Waals surface area contributed by atoms with Gasteiger partial charge in [-0.3, -0.25) is 4.79 Å². The Labute approximate surface area is 91.9 Å². The predicted molar refractivity (Wildman–Crippen MR) is 59.0 cm³/mol. The fourth-order valence-corrected chi connectivity index (χ4v) is 1.67. The van der Waals surface area contributed by atoms with Crippen LogP contribution in [0.25, 0.3) is 0 Å². The van der Waals surface area contributed by atoms with Crippen molar-refractivity contribution >= 4 is 5.91 Å². The largest absolute Gasteiger partial charge is 0.355 e. The van der Waals surface area contributed by atoms with Gasteiger partial charge in [0.1, 0.15) is 5.92 Å². The maximum atomic E-state index is 11.5. The molecule has 0 heterocycles. The summed E-state index contributed by atoms with van der Waals surface area (Å²) in [6, 6.07) is 2.05. The first-order valence-corrected chi connectivity index (χ1v) is 5.95. The molecule has 84 valence electrons. The van der Waals surface area contributed by atoms with E-state index in [2.05, 4.69) is 11.4 Å². The highest BCUT2D eigenvalue weighted by Crippen LogP contribution is 2.33. The Morgan fingerprint density at radius 3 is 2.87 bits per heavy atom. The van der Waals surface area contributed by atoms with Gasteiger partial charge in [0, 0.05) is 6.54 Å². The van der Waals surface area contributed by atoms with Crippen LogP contribution in [0.15, 0.2) is 0 Å². The van der Waals surface area contributed by atoms with E-state index in [0.717, 1.165) is 25.3 Å². The van der Waals surface area contributed by atoms with Gasteiger partial charge >= 0.3 is 0 Å². The monoisotopic (exact) mass is 208 g/mol. The van der Waals surface area contributed by atoms with Crippen LogP contribution in [0.2, 0.25) is 0 Å². The van der Waals surface area contributed by atoms with Crippen LogP contribution in [-0.2, 0) is 4.79 Å². The average Bonchev–Trinajstić information content (AvgIpc) is 3.04. The van der Waals surface area contributed by atoms with E-state index in [1.807, 2.05) is 6.92 Å². The molecule has 1 fully saturated rings. The third kappa shape index (κ3) is 4.83. The zero-order valence-corrected chi connectivity index (χ0v) is 9.46. The van der Waals surface area contributed by atoms with E-state index in [1.54, 1.807) is 0 Å².